The van der Waals surface area contributed by atoms with Crippen LogP contribution < -0.4 is 0 Å². The second-order valence-electron chi connectivity index (χ2n) is 14.6. The van der Waals surface area contributed by atoms with E-state index in [0.29, 0.717) is 0 Å². The molecular weight excluding hydrogens is 648 g/mol. The van der Waals surface area contributed by atoms with Crippen molar-refractivity contribution in [3.8, 4) is 0 Å². The van der Waals surface area contributed by atoms with Gasteiger partial charge < -0.3 is 34.3 Å². The Kier molecular flexibility index (Phi) is 9.63. The summed E-state index contributed by atoms with van der Waals surface area (Å²) >= 11 is 0. The number of aliphatic hydroxyl groups is 3. The first-order valence-corrected chi connectivity index (χ1v) is 16.5. The standard InChI is InChI=1S/C38H44O12/c1-8-24-28(49-32(42)22-15-11-9-12-16-22)29-36(6)25(19-26(47-20(2)39)38(29,46)34(44)37(24,7)45)35(4,5)30(48-21(3)40)27(41)31(36)50-33(43)23-17-13-10-14-18-23/h8-18,24-31,41,45-46H,1,19H2,2-7H3/t24-,25-,26+,27-,28+,29+,30+,31-,36-,37-,38-/m1/s1. The van der Waals surface area contributed by atoms with E-state index in [-0.39, 0.29) is 17.5 Å². The molecule has 12 heteroatoms. The molecule has 3 saturated carbocycles. The van der Waals surface area contributed by atoms with Crippen molar-refractivity contribution >= 4 is 29.7 Å². The van der Waals surface area contributed by atoms with Crippen LogP contribution in [0.1, 0.15) is 68.7 Å². The molecule has 3 aliphatic rings. The third kappa shape index (κ3) is 5.72. The molecule has 12 nitrogen and oxygen atoms in total. The molecule has 268 valence electrons. The van der Waals surface area contributed by atoms with Gasteiger partial charge in [-0.2, -0.15) is 0 Å². The predicted molar refractivity (Wildman–Crippen MR) is 176 cm³/mol. The van der Waals surface area contributed by atoms with Gasteiger partial charge in [0.25, 0.3) is 0 Å². The summed E-state index contributed by atoms with van der Waals surface area (Å²) in [4.78, 5) is 67.2. The van der Waals surface area contributed by atoms with Gasteiger partial charge in [-0.3, -0.25) is 14.4 Å². The highest BCUT2D eigenvalue weighted by Crippen LogP contribution is 2.67. The summed E-state index contributed by atoms with van der Waals surface area (Å²) in [6.07, 6.45) is -6.86. The van der Waals surface area contributed by atoms with Crippen molar-refractivity contribution in [2.75, 3.05) is 0 Å². The third-order valence-electron chi connectivity index (χ3n) is 11.2. The number of carbonyl (C=O) groups excluding carboxylic acids is 5. The van der Waals surface area contributed by atoms with Gasteiger partial charge in [0.2, 0.25) is 0 Å². The van der Waals surface area contributed by atoms with Crippen LogP contribution in [0.2, 0.25) is 0 Å². The van der Waals surface area contributed by atoms with Gasteiger partial charge in [-0.25, -0.2) is 9.59 Å². The molecule has 0 bridgehead atoms. The SMILES string of the molecule is C=C[C@@H]1[C@H](OC(=O)c2ccccc2)[C@@H]2[C@@](O)(C(=O)[C@]1(C)O)[C@@H](OC(C)=O)C[C@@H]1C(C)(C)[C@@H](OC(C)=O)[C@@H](O)[C@@H](OC(=O)c3ccccc3)[C@]12C. The van der Waals surface area contributed by atoms with Crippen LogP contribution in [0.25, 0.3) is 0 Å². The van der Waals surface area contributed by atoms with E-state index in [2.05, 4.69) is 6.58 Å². The van der Waals surface area contributed by atoms with Crippen molar-refractivity contribution in [2.24, 2.45) is 28.6 Å². The number of hydrogen-bond acceptors (Lipinski definition) is 12. The second-order valence-corrected chi connectivity index (χ2v) is 14.6. The lowest BCUT2D eigenvalue weighted by Gasteiger charge is -2.69. The second kappa shape index (κ2) is 13.1. The Hall–Kier alpha value is -4.39. The maximum atomic E-state index is 14.6. The summed E-state index contributed by atoms with van der Waals surface area (Å²) < 4.78 is 23.7. The van der Waals surface area contributed by atoms with E-state index in [1.807, 2.05) is 0 Å². The van der Waals surface area contributed by atoms with Gasteiger partial charge in [0.05, 0.1) is 17.0 Å². The first kappa shape index (κ1) is 36.9. The number of ketones is 1. The topological polar surface area (TPSA) is 183 Å². The molecule has 50 heavy (non-hydrogen) atoms. The van der Waals surface area contributed by atoms with Crippen molar-refractivity contribution in [2.45, 2.75) is 89.7 Å². The first-order chi connectivity index (χ1) is 23.3. The quantitative estimate of drug-likeness (QED) is 0.219. The van der Waals surface area contributed by atoms with Crippen LogP contribution in [0, 0.1) is 28.6 Å². The van der Waals surface area contributed by atoms with Crippen molar-refractivity contribution in [1.82, 2.24) is 0 Å². The number of aliphatic hydroxyl groups excluding tert-OH is 1. The normalized spacial score (nSPS) is 37.3. The average Bonchev–Trinajstić information content (AvgIpc) is 3.06. The van der Waals surface area contributed by atoms with Crippen LogP contribution in [0.3, 0.4) is 0 Å². The molecule has 0 amide bonds. The van der Waals surface area contributed by atoms with Gasteiger partial charge in [-0.1, -0.05) is 63.2 Å². The fourth-order valence-electron chi connectivity index (χ4n) is 9.12. The largest absolute Gasteiger partial charge is 0.459 e. The maximum absolute atomic E-state index is 14.6. The van der Waals surface area contributed by atoms with Gasteiger partial charge in [0.15, 0.2) is 11.4 Å². The maximum Gasteiger partial charge on any atom is 0.338 e. The van der Waals surface area contributed by atoms with Crippen molar-refractivity contribution in [1.29, 1.82) is 0 Å². The van der Waals surface area contributed by atoms with Gasteiger partial charge >= 0.3 is 23.9 Å². The molecule has 0 aliphatic heterocycles. The number of rotatable bonds is 7. The van der Waals surface area contributed by atoms with Gasteiger partial charge in [0, 0.05) is 30.6 Å². The Bertz CT molecular complexity index is 1670. The summed E-state index contributed by atoms with van der Waals surface area (Å²) in [6.45, 7) is 12.2. The Morgan fingerprint density at radius 1 is 0.780 bits per heavy atom. The van der Waals surface area contributed by atoms with Crippen LogP contribution in [0.4, 0.5) is 0 Å². The van der Waals surface area contributed by atoms with E-state index >= 15 is 0 Å². The van der Waals surface area contributed by atoms with E-state index in [1.165, 1.54) is 37.3 Å². The van der Waals surface area contributed by atoms with Crippen LogP contribution in [-0.4, -0.2) is 86.7 Å². The smallest absolute Gasteiger partial charge is 0.338 e. The van der Waals surface area contributed by atoms with E-state index < -0.39 is 100.0 Å². The van der Waals surface area contributed by atoms with E-state index in [9.17, 15) is 39.3 Å². The van der Waals surface area contributed by atoms with Gasteiger partial charge in [-0.05, 0) is 43.5 Å². The average molecular weight is 693 g/mol. The first-order valence-electron chi connectivity index (χ1n) is 16.5. The number of hydrogen-bond donors (Lipinski definition) is 3. The molecule has 0 heterocycles. The summed E-state index contributed by atoms with van der Waals surface area (Å²) in [5, 5.41) is 36.9. The van der Waals surface area contributed by atoms with Crippen molar-refractivity contribution in [3.63, 3.8) is 0 Å². The number of esters is 4. The Labute approximate surface area is 290 Å². The fourth-order valence-corrected chi connectivity index (χ4v) is 9.12. The minimum absolute atomic E-state index is 0.121. The van der Waals surface area contributed by atoms with Crippen LogP contribution in [-0.2, 0) is 33.3 Å². The Morgan fingerprint density at radius 3 is 1.76 bits per heavy atom. The molecule has 3 fully saturated rings. The summed E-state index contributed by atoms with van der Waals surface area (Å²) in [5.74, 6) is -8.27. The Morgan fingerprint density at radius 2 is 1.28 bits per heavy atom. The molecule has 0 radical (unpaired) electrons. The monoisotopic (exact) mass is 692 g/mol. The molecule has 11 atom stereocenters. The zero-order valence-corrected chi connectivity index (χ0v) is 28.9. The molecular formula is C38H44O12. The minimum atomic E-state index is -2.76. The molecule has 0 saturated heterocycles. The molecule has 5 rings (SSSR count). The number of ether oxygens (including phenoxy) is 4. The van der Waals surface area contributed by atoms with E-state index in [1.54, 1.807) is 57.2 Å². The summed E-state index contributed by atoms with van der Waals surface area (Å²) in [7, 11) is 0. The predicted octanol–water partition coefficient (Wildman–Crippen LogP) is 3.21. The highest BCUT2D eigenvalue weighted by molar-refractivity contribution is 5.98. The molecule has 3 aliphatic carbocycles. The third-order valence-corrected chi connectivity index (χ3v) is 11.2. The minimum Gasteiger partial charge on any atom is -0.459 e. The number of Topliss-reactive ketones (excluding diaryl/α,β-unsaturated/α-hetero) is 1. The zero-order valence-electron chi connectivity index (χ0n) is 28.9. The molecule has 2 aromatic carbocycles. The van der Waals surface area contributed by atoms with Crippen LogP contribution in [0.15, 0.2) is 73.3 Å². The summed E-state index contributed by atoms with van der Waals surface area (Å²) in [5.41, 5.74) is -7.84. The van der Waals surface area contributed by atoms with Crippen molar-refractivity contribution in [3.05, 3.63) is 84.4 Å². The molecule has 0 spiro atoms. The van der Waals surface area contributed by atoms with Crippen LogP contribution in [0.5, 0.6) is 0 Å². The number of benzene rings is 2. The Balaban J connectivity index is 1.81. The molecule has 3 N–H and O–H groups in total. The lowest BCUT2D eigenvalue weighted by atomic mass is 9.38. The zero-order chi connectivity index (χ0) is 37.0. The highest BCUT2D eigenvalue weighted by Gasteiger charge is 2.80. The molecule has 0 aromatic heterocycles. The van der Waals surface area contributed by atoms with Crippen LogP contribution >= 0.6 is 0 Å². The van der Waals surface area contributed by atoms with E-state index in [4.69, 9.17) is 18.9 Å². The van der Waals surface area contributed by atoms with Gasteiger partial charge in [0.1, 0.15) is 36.1 Å². The summed E-state index contributed by atoms with van der Waals surface area (Å²) in [6, 6.07) is 15.8. The van der Waals surface area contributed by atoms with Gasteiger partial charge in [-0.15, -0.1) is 6.58 Å². The molecule has 2 aromatic rings. The lowest BCUT2D eigenvalue weighted by Crippen LogP contribution is -2.83. The number of fused-ring (bicyclic) bond motifs is 3. The molecule has 0 unspecified atom stereocenters. The lowest BCUT2D eigenvalue weighted by molar-refractivity contribution is -0.320. The number of carbonyl (C=O) groups is 5. The highest BCUT2D eigenvalue weighted by atomic mass is 16.6. The fraction of sp³-hybridized carbons (Fsp3) is 0.500. The van der Waals surface area contributed by atoms with Crippen molar-refractivity contribution < 1.29 is 58.2 Å². The van der Waals surface area contributed by atoms with E-state index in [0.717, 1.165) is 13.8 Å².